The van der Waals surface area contributed by atoms with Gasteiger partial charge in [0.25, 0.3) is 0 Å². The molecule has 0 aliphatic carbocycles. The molecule has 2 atom stereocenters. The highest BCUT2D eigenvalue weighted by molar-refractivity contribution is 5.74. The van der Waals surface area contributed by atoms with Crippen LogP contribution in [0.1, 0.15) is 39.9 Å². The molecule has 1 aromatic heterocycles. The van der Waals surface area contributed by atoms with E-state index in [1.54, 1.807) is 0 Å². The number of rotatable bonds is 3. The molecule has 4 nitrogen and oxygen atoms in total. The van der Waals surface area contributed by atoms with Crippen LogP contribution >= 0.6 is 0 Å². The van der Waals surface area contributed by atoms with E-state index < -0.39 is 62.9 Å². The van der Waals surface area contributed by atoms with Crippen molar-refractivity contribution in [2.45, 2.75) is 26.6 Å². The summed E-state index contributed by atoms with van der Waals surface area (Å²) in [5.41, 5.74) is -0.761. The van der Waals surface area contributed by atoms with Crippen LogP contribution in [0.2, 0.25) is 0 Å². The van der Waals surface area contributed by atoms with Crippen molar-refractivity contribution in [3.05, 3.63) is 17.7 Å². The van der Waals surface area contributed by atoms with Crippen LogP contribution in [0.15, 0.2) is 6.17 Å². The average Bonchev–Trinajstić information content (AvgIpc) is 2.80. The van der Waals surface area contributed by atoms with Gasteiger partial charge in [0.05, 0.1) is 16.6 Å². The van der Waals surface area contributed by atoms with Gasteiger partial charge in [-0.05, 0) is 19.7 Å². The molecule has 1 fully saturated rings. The fraction of sp³-hybridized carbons (Fsp3) is 0.667. The van der Waals surface area contributed by atoms with Gasteiger partial charge in [-0.1, -0.05) is 6.85 Å². The maximum atomic E-state index is 12.1. The van der Waals surface area contributed by atoms with Crippen LogP contribution in [0.5, 0.6) is 0 Å². The van der Waals surface area contributed by atoms with E-state index in [2.05, 4.69) is 9.72 Å². The molecule has 1 aromatic rings. The van der Waals surface area contributed by atoms with Crippen LogP contribution in [-0.2, 0) is 22.9 Å². The van der Waals surface area contributed by atoms with Crippen molar-refractivity contribution in [1.82, 2.24) is 9.55 Å². The molecule has 88 valence electrons. The third-order valence-electron chi connectivity index (χ3n) is 2.37. The van der Waals surface area contributed by atoms with Crippen molar-refractivity contribution < 1.29 is 24.6 Å². The van der Waals surface area contributed by atoms with Gasteiger partial charge in [-0.3, -0.25) is 4.79 Å². The number of esters is 1. The monoisotopic (exact) mass is 233 g/mol. The van der Waals surface area contributed by atoms with Crippen LogP contribution in [-0.4, -0.2) is 22.1 Å². The minimum atomic E-state index is -2.93. The van der Waals surface area contributed by atoms with Gasteiger partial charge < -0.3 is 9.30 Å². The normalized spacial score (nSPS) is 40.6. The van der Waals surface area contributed by atoms with Gasteiger partial charge in [-0.15, -0.1) is 0 Å². The van der Waals surface area contributed by atoms with Crippen LogP contribution in [0.4, 0.5) is 0 Å². The van der Waals surface area contributed by atoms with E-state index in [0.717, 1.165) is 0 Å². The van der Waals surface area contributed by atoms with Gasteiger partial charge in [-0.25, -0.2) is 4.98 Å². The molecule has 0 radical (unpaired) electrons. The Balaban J connectivity index is 2.68. The van der Waals surface area contributed by atoms with E-state index in [0.29, 0.717) is 4.57 Å². The number of imidazole rings is 1. The third kappa shape index (κ3) is 1.84. The summed E-state index contributed by atoms with van der Waals surface area (Å²) in [7, 11) is 0. The SMILES string of the molecule is [2H]c1nc(C)n(C([2H])([2H])[2H])c1C([2H])([2H])[C@@H]1[C@H](CC([2H])([2H])[2H])C(=O)OC1([2H])[2H]. The fourth-order valence-electron chi connectivity index (χ4n) is 1.39. The number of hydrogen-bond acceptors (Lipinski definition) is 3. The zero-order chi connectivity index (χ0) is 21.2. The third-order valence-corrected chi connectivity index (χ3v) is 2.37. The lowest BCUT2D eigenvalue weighted by molar-refractivity contribution is -0.141. The topological polar surface area (TPSA) is 44.1 Å². The molecule has 2 heterocycles. The van der Waals surface area contributed by atoms with Gasteiger partial charge in [0, 0.05) is 35.7 Å². The predicted octanol–water partition coefficient (Wildman–Crippen LogP) is 1.47. The molecule has 0 aromatic carbocycles. The van der Waals surface area contributed by atoms with Crippen LogP contribution < -0.4 is 0 Å². The molecule has 2 rings (SSSR count). The first-order chi connectivity index (χ1) is 11.9. The number of hydrogen-bond donors (Lipinski definition) is 0. The highest BCUT2D eigenvalue weighted by Gasteiger charge is 2.35. The lowest BCUT2D eigenvalue weighted by Gasteiger charge is -2.13. The summed E-state index contributed by atoms with van der Waals surface area (Å²) in [5, 5.41) is 0. The minimum Gasteiger partial charge on any atom is -0.465 e. The van der Waals surface area contributed by atoms with Crippen LogP contribution in [0.3, 0.4) is 0 Å². The Morgan fingerprint density at radius 2 is 2.81 bits per heavy atom. The molecule has 4 heteroatoms. The number of nitrogens with zero attached hydrogens (tertiary/aromatic N) is 2. The molecule has 0 bridgehead atoms. The second-order valence-corrected chi connectivity index (χ2v) is 3.43. The van der Waals surface area contributed by atoms with E-state index in [4.69, 9.17) is 15.1 Å². The molecule has 0 spiro atoms. The van der Waals surface area contributed by atoms with Crippen LogP contribution in [0.25, 0.3) is 0 Å². The van der Waals surface area contributed by atoms with Crippen molar-refractivity contribution in [2.75, 3.05) is 6.56 Å². The fourth-order valence-corrected chi connectivity index (χ4v) is 1.39. The highest BCUT2D eigenvalue weighted by Crippen LogP contribution is 2.28. The summed E-state index contributed by atoms with van der Waals surface area (Å²) in [6.07, 6.45) is -4.53. The van der Waals surface area contributed by atoms with Gasteiger partial charge in [0.15, 0.2) is 0 Å². The summed E-state index contributed by atoms with van der Waals surface area (Å²) in [6, 6.07) is 0. The van der Waals surface area contributed by atoms with Crippen LogP contribution in [0, 0.1) is 18.8 Å². The van der Waals surface area contributed by atoms with E-state index >= 15 is 0 Å². The van der Waals surface area contributed by atoms with Crippen molar-refractivity contribution in [2.24, 2.45) is 18.8 Å². The lowest BCUT2D eigenvalue weighted by Crippen LogP contribution is -2.18. The molecule has 0 amide bonds. The van der Waals surface area contributed by atoms with Gasteiger partial charge >= 0.3 is 5.97 Å². The number of carbonyl (C=O) groups is 1. The highest BCUT2D eigenvalue weighted by atomic mass is 16.5. The lowest BCUT2D eigenvalue weighted by atomic mass is 9.89. The summed E-state index contributed by atoms with van der Waals surface area (Å²) >= 11 is 0. The van der Waals surface area contributed by atoms with E-state index in [9.17, 15) is 4.79 Å². The zero-order valence-electron chi connectivity index (χ0n) is 19.6. The molecule has 0 unspecified atom stereocenters. The molecular weight excluding hydrogens is 204 g/mol. The standard InChI is InChI=1S/C12H18N2O2/c1-4-11-9(7-16-12(11)15)5-10-6-13-8(2)14(10)3/h6,9,11H,4-5,7H2,1-3H3/t9-,11-/m0/s1/i1D3,3D3,5D2,6D,7D2. The van der Waals surface area contributed by atoms with Crippen molar-refractivity contribution in [3.8, 4) is 0 Å². The zero-order valence-corrected chi connectivity index (χ0v) is 8.57. The summed E-state index contributed by atoms with van der Waals surface area (Å²) < 4.78 is 90.3. The Bertz CT molecular complexity index is 750. The Kier molecular flexibility index (Phi) is 1.03. The quantitative estimate of drug-likeness (QED) is 0.743. The summed E-state index contributed by atoms with van der Waals surface area (Å²) in [5.74, 6) is -5.10. The first-order valence-corrected chi connectivity index (χ1v) is 4.69. The van der Waals surface area contributed by atoms with E-state index in [1.807, 2.05) is 0 Å². The number of carbonyl (C=O) groups excluding carboxylic acids is 1. The van der Waals surface area contributed by atoms with E-state index in [1.165, 1.54) is 6.92 Å². The summed E-state index contributed by atoms with van der Waals surface area (Å²) in [4.78, 5) is 15.7. The molecule has 1 aliphatic rings. The number of ether oxygens (including phenoxy) is 1. The van der Waals surface area contributed by atoms with Gasteiger partial charge in [-0.2, -0.15) is 0 Å². The smallest absolute Gasteiger partial charge is 0.309 e. The minimum absolute atomic E-state index is 0.197. The largest absolute Gasteiger partial charge is 0.465 e. The molecule has 0 N–H and O–H groups in total. The molecule has 1 aliphatic heterocycles. The second-order valence-electron chi connectivity index (χ2n) is 3.43. The molecule has 16 heavy (non-hydrogen) atoms. The molecule has 1 saturated heterocycles. The molecule has 0 saturated carbocycles. The van der Waals surface area contributed by atoms with Crippen molar-refractivity contribution >= 4 is 5.97 Å². The maximum Gasteiger partial charge on any atom is 0.309 e. The Morgan fingerprint density at radius 1 is 1.94 bits per heavy atom. The van der Waals surface area contributed by atoms with Crippen molar-refractivity contribution in [3.63, 3.8) is 0 Å². The first-order valence-electron chi connectivity index (χ1n) is 10.2. The van der Waals surface area contributed by atoms with Gasteiger partial charge in [0.2, 0.25) is 0 Å². The Labute approximate surface area is 111 Å². The Hall–Kier alpha value is -1.32. The molecular formula is C12H18N2O2. The summed E-state index contributed by atoms with van der Waals surface area (Å²) in [6.45, 7) is -7.26. The predicted molar refractivity (Wildman–Crippen MR) is 59.9 cm³/mol. The first kappa shape index (κ1) is 3.86. The second kappa shape index (κ2) is 4.28. The van der Waals surface area contributed by atoms with Gasteiger partial charge in [0.1, 0.15) is 5.82 Å². The average molecular weight is 233 g/mol. The number of aromatic nitrogens is 2. The Morgan fingerprint density at radius 3 is 3.56 bits per heavy atom. The van der Waals surface area contributed by atoms with E-state index in [-0.39, 0.29) is 5.82 Å². The number of aryl methyl sites for hydroxylation is 1. The van der Waals surface area contributed by atoms with Crippen molar-refractivity contribution in [1.29, 1.82) is 0 Å². The number of cyclic esters (lactones) is 1. The maximum absolute atomic E-state index is 12.1.